The van der Waals surface area contributed by atoms with Crippen molar-refractivity contribution in [2.24, 2.45) is 5.73 Å². The van der Waals surface area contributed by atoms with Crippen molar-refractivity contribution in [1.29, 1.82) is 0 Å². The molecule has 0 aromatic heterocycles. The Morgan fingerprint density at radius 2 is 2.14 bits per heavy atom. The Kier molecular flexibility index (Phi) is 5.94. The van der Waals surface area contributed by atoms with Crippen LogP contribution in [-0.2, 0) is 11.2 Å². The molecule has 0 radical (unpaired) electrons. The second kappa shape index (κ2) is 7.71. The number of phenolic OH excluding ortho intramolecular Hbond substituents is 1. The lowest BCUT2D eigenvalue weighted by atomic mass is 10.1. The number of phenols is 1. The zero-order valence-corrected chi connectivity index (χ0v) is 13.2. The average Bonchev–Trinajstić information content (AvgIpc) is 2.89. The minimum Gasteiger partial charge on any atom is -0.508 e. The fraction of sp³-hybridized carbons (Fsp3) is 0.562. The highest BCUT2D eigenvalue weighted by atomic mass is 32.2. The third-order valence-corrected chi connectivity index (χ3v) is 5.22. The Balaban J connectivity index is 1.86. The van der Waals surface area contributed by atoms with Gasteiger partial charge in [0.15, 0.2) is 0 Å². The topological polar surface area (TPSA) is 75.4 Å². The van der Waals surface area contributed by atoms with Crippen LogP contribution in [0.1, 0.15) is 31.7 Å². The summed E-state index contributed by atoms with van der Waals surface area (Å²) in [7, 11) is 0. The molecule has 1 fully saturated rings. The van der Waals surface area contributed by atoms with Crippen LogP contribution in [0.25, 0.3) is 0 Å². The van der Waals surface area contributed by atoms with E-state index in [4.69, 9.17) is 5.73 Å². The molecule has 4 N–H and O–H groups in total. The maximum Gasteiger partial charge on any atom is 0.237 e. The van der Waals surface area contributed by atoms with Crippen molar-refractivity contribution in [2.75, 3.05) is 5.75 Å². The van der Waals surface area contributed by atoms with Crippen LogP contribution >= 0.6 is 11.8 Å². The van der Waals surface area contributed by atoms with Crippen molar-refractivity contribution in [2.45, 2.75) is 49.9 Å². The van der Waals surface area contributed by atoms with Crippen molar-refractivity contribution >= 4 is 17.7 Å². The number of hydrogen-bond donors (Lipinski definition) is 3. The SMILES string of the molecule is CCSC1CCCC1NC(=O)C(N)Cc1ccc(O)cc1. The molecular formula is C16H24N2O2S. The molecule has 4 nitrogen and oxygen atoms in total. The lowest BCUT2D eigenvalue weighted by Gasteiger charge is -2.22. The number of hydrogen-bond acceptors (Lipinski definition) is 4. The number of benzene rings is 1. The maximum absolute atomic E-state index is 12.2. The van der Waals surface area contributed by atoms with Gasteiger partial charge < -0.3 is 16.2 Å². The maximum atomic E-state index is 12.2. The van der Waals surface area contributed by atoms with Crippen molar-refractivity contribution in [1.82, 2.24) is 5.32 Å². The van der Waals surface area contributed by atoms with Gasteiger partial charge in [-0.2, -0.15) is 11.8 Å². The Morgan fingerprint density at radius 1 is 1.43 bits per heavy atom. The highest BCUT2D eigenvalue weighted by Gasteiger charge is 2.29. The third kappa shape index (κ3) is 4.64. The molecule has 5 heteroatoms. The van der Waals surface area contributed by atoms with Crippen LogP contribution in [0, 0.1) is 0 Å². The first-order valence-corrected chi connectivity index (χ1v) is 8.60. The van der Waals surface area contributed by atoms with Gasteiger partial charge in [-0.1, -0.05) is 25.5 Å². The molecule has 2 rings (SSSR count). The van der Waals surface area contributed by atoms with Crippen LogP contribution in [0.5, 0.6) is 5.75 Å². The zero-order chi connectivity index (χ0) is 15.2. The van der Waals surface area contributed by atoms with Crippen LogP contribution in [0.15, 0.2) is 24.3 Å². The van der Waals surface area contributed by atoms with E-state index < -0.39 is 6.04 Å². The standard InChI is InChI=1S/C16H24N2O2S/c1-2-21-15-5-3-4-14(15)18-16(20)13(17)10-11-6-8-12(19)9-7-11/h6-9,13-15,19H,2-5,10,17H2,1H3,(H,18,20). The molecule has 1 amide bonds. The van der Waals surface area contributed by atoms with Crippen molar-refractivity contribution < 1.29 is 9.90 Å². The molecule has 1 aliphatic rings. The quantitative estimate of drug-likeness (QED) is 0.752. The van der Waals surface area contributed by atoms with Gasteiger partial charge in [-0.05, 0) is 42.7 Å². The summed E-state index contributed by atoms with van der Waals surface area (Å²) in [6, 6.07) is 6.55. The summed E-state index contributed by atoms with van der Waals surface area (Å²) >= 11 is 1.92. The summed E-state index contributed by atoms with van der Waals surface area (Å²) < 4.78 is 0. The minimum atomic E-state index is -0.539. The van der Waals surface area contributed by atoms with E-state index in [1.165, 1.54) is 12.8 Å². The number of nitrogens with one attached hydrogen (secondary N) is 1. The summed E-state index contributed by atoms with van der Waals surface area (Å²) in [5, 5.41) is 12.9. The number of thioether (sulfide) groups is 1. The van der Waals surface area contributed by atoms with Crippen LogP contribution in [0.2, 0.25) is 0 Å². The number of amides is 1. The monoisotopic (exact) mass is 308 g/mol. The number of carbonyl (C=O) groups excluding carboxylic acids is 1. The predicted molar refractivity (Wildman–Crippen MR) is 87.5 cm³/mol. The molecule has 1 saturated carbocycles. The molecule has 0 spiro atoms. The zero-order valence-electron chi connectivity index (χ0n) is 12.4. The van der Waals surface area contributed by atoms with Crippen LogP contribution in [-0.4, -0.2) is 34.1 Å². The highest BCUT2D eigenvalue weighted by Crippen LogP contribution is 2.29. The van der Waals surface area contributed by atoms with Crippen LogP contribution < -0.4 is 11.1 Å². The second-order valence-corrected chi connectivity index (χ2v) is 7.03. The minimum absolute atomic E-state index is 0.0725. The summed E-state index contributed by atoms with van der Waals surface area (Å²) in [6.45, 7) is 2.15. The van der Waals surface area contributed by atoms with Crippen molar-refractivity contribution in [3.05, 3.63) is 29.8 Å². The molecule has 0 aliphatic heterocycles. The van der Waals surface area contributed by atoms with E-state index in [0.29, 0.717) is 11.7 Å². The Hall–Kier alpha value is -1.20. The van der Waals surface area contributed by atoms with E-state index in [9.17, 15) is 9.90 Å². The van der Waals surface area contributed by atoms with Gasteiger partial charge in [-0.15, -0.1) is 0 Å². The van der Waals surface area contributed by atoms with Crippen molar-refractivity contribution in [3.8, 4) is 5.75 Å². The van der Waals surface area contributed by atoms with Gasteiger partial charge >= 0.3 is 0 Å². The van der Waals surface area contributed by atoms with Gasteiger partial charge in [0.1, 0.15) is 5.75 Å². The normalized spacial score (nSPS) is 23.0. The fourth-order valence-electron chi connectivity index (χ4n) is 2.77. The molecule has 3 atom stereocenters. The smallest absolute Gasteiger partial charge is 0.237 e. The van der Waals surface area contributed by atoms with Crippen molar-refractivity contribution in [3.63, 3.8) is 0 Å². The first-order chi connectivity index (χ1) is 10.1. The third-order valence-electron chi connectivity index (χ3n) is 3.89. The molecule has 21 heavy (non-hydrogen) atoms. The summed E-state index contributed by atoms with van der Waals surface area (Å²) in [5.41, 5.74) is 6.96. The summed E-state index contributed by atoms with van der Waals surface area (Å²) in [6.07, 6.45) is 3.90. The van der Waals surface area contributed by atoms with Gasteiger partial charge in [-0.25, -0.2) is 0 Å². The predicted octanol–water partition coefficient (Wildman–Crippen LogP) is 2.05. The first kappa shape index (κ1) is 16.2. The Morgan fingerprint density at radius 3 is 2.81 bits per heavy atom. The van der Waals surface area contributed by atoms with E-state index in [2.05, 4.69) is 12.2 Å². The molecule has 1 aliphatic carbocycles. The van der Waals surface area contributed by atoms with Gasteiger partial charge in [0.05, 0.1) is 6.04 Å². The lowest BCUT2D eigenvalue weighted by molar-refractivity contribution is -0.123. The molecule has 1 aromatic rings. The fourth-order valence-corrected chi connectivity index (χ4v) is 3.97. The Labute approximate surface area is 130 Å². The van der Waals surface area contributed by atoms with Crippen LogP contribution in [0.3, 0.4) is 0 Å². The number of rotatable bonds is 6. The van der Waals surface area contributed by atoms with E-state index in [-0.39, 0.29) is 17.7 Å². The first-order valence-electron chi connectivity index (χ1n) is 7.55. The van der Waals surface area contributed by atoms with Gasteiger partial charge in [-0.3, -0.25) is 4.79 Å². The van der Waals surface area contributed by atoms with E-state index in [1.54, 1.807) is 24.3 Å². The molecule has 0 saturated heterocycles. The van der Waals surface area contributed by atoms with E-state index in [0.717, 1.165) is 17.7 Å². The largest absolute Gasteiger partial charge is 0.508 e. The number of aromatic hydroxyl groups is 1. The summed E-state index contributed by atoms with van der Waals surface area (Å²) in [5.74, 6) is 1.23. The average molecular weight is 308 g/mol. The number of nitrogens with two attached hydrogens (primary N) is 1. The molecular weight excluding hydrogens is 284 g/mol. The van der Waals surface area contributed by atoms with Gasteiger partial charge in [0, 0.05) is 11.3 Å². The second-order valence-electron chi connectivity index (χ2n) is 5.52. The molecule has 3 unspecified atom stereocenters. The molecule has 116 valence electrons. The Bertz CT molecular complexity index is 464. The molecule has 0 bridgehead atoms. The molecule has 1 aromatic carbocycles. The van der Waals surface area contributed by atoms with E-state index >= 15 is 0 Å². The molecule has 0 heterocycles. The number of carbonyl (C=O) groups is 1. The van der Waals surface area contributed by atoms with Gasteiger partial charge in [0.2, 0.25) is 5.91 Å². The lowest BCUT2D eigenvalue weighted by Crippen LogP contribution is -2.48. The highest BCUT2D eigenvalue weighted by molar-refractivity contribution is 7.99. The summed E-state index contributed by atoms with van der Waals surface area (Å²) in [4.78, 5) is 12.2. The van der Waals surface area contributed by atoms with Crippen LogP contribution in [0.4, 0.5) is 0 Å². The van der Waals surface area contributed by atoms with E-state index in [1.807, 2.05) is 11.8 Å². The van der Waals surface area contributed by atoms with Gasteiger partial charge in [0.25, 0.3) is 0 Å².